The molecule has 1 aromatic carbocycles. The number of methoxy groups -OCH3 is 2. The molecule has 1 aromatic rings. The van der Waals surface area contributed by atoms with Crippen molar-refractivity contribution in [1.82, 2.24) is 4.72 Å². The van der Waals surface area contributed by atoms with Gasteiger partial charge in [0.2, 0.25) is 10.0 Å². The van der Waals surface area contributed by atoms with Gasteiger partial charge in [0.05, 0.1) is 14.2 Å². The van der Waals surface area contributed by atoms with E-state index in [1.165, 1.54) is 14.2 Å². The highest BCUT2D eigenvalue weighted by Gasteiger charge is 2.27. The Labute approximate surface area is 130 Å². The summed E-state index contributed by atoms with van der Waals surface area (Å²) in [7, 11) is -1.18. The van der Waals surface area contributed by atoms with E-state index in [0.29, 0.717) is 5.92 Å². The summed E-state index contributed by atoms with van der Waals surface area (Å²) in [6.07, 6.45) is 3.49. The molecule has 0 aromatic heterocycles. The Balaban J connectivity index is 2.25. The van der Waals surface area contributed by atoms with Crippen molar-refractivity contribution in [2.45, 2.75) is 43.5 Å². The quantitative estimate of drug-likeness (QED) is 0.901. The first kappa shape index (κ1) is 17.0. The van der Waals surface area contributed by atoms with Gasteiger partial charge in [0.1, 0.15) is 10.7 Å². The van der Waals surface area contributed by atoms with E-state index in [1.807, 2.05) is 0 Å². The number of rotatable bonds is 5. The maximum absolute atomic E-state index is 14.1. The maximum Gasteiger partial charge on any atom is 0.243 e. The van der Waals surface area contributed by atoms with Crippen LogP contribution in [0.1, 0.15) is 32.6 Å². The molecule has 0 aliphatic heterocycles. The van der Waals surface area contributed by atoms with Gasteiger partial charge in [-0.3, -0.25) is 0 Å². The molecule has 0 unspecified atom stereocenters. The topological polar surface area (TPSA) is 64.6 Å². The Morgan fingerprint density at radius 1 is 1.09 bits per heavy atom. The van der Waals surface area contributed by atoms with Crippen LogP contribution in [0.3, 0.4) is 0 Å². The third-order valence-corrected chi connectivity index (χ3v) is 5.60. The summed E-state index contributed by atoms with van der Waals surface area (Å²) in [5.41, 5.74) is 0. The molecule has 0 amide bonds. The lowest BCUT2D eigenvalue weighted by Crippen LogP contribution is -2.37. The summed E-state index contributed by atoms with van der Waals surface area (Å²) >= 11 is 0. The first-order valence-electron chi connectivity index (χ1n) is 7.31. The molecule has 0 atom stereocenters. The van der Waals surface area contributed by atoms with E-state index in [1.54, 1.807) is 0 Å². The summed E-state index contributed by atoms with van der Waals surface area (Å²) in [6.45, 7) is 2.15. The van der Waals surface area contributed by atoms with Crippen LogP contribution in [-0.4, -0.2) is 28.7 Å². The fourth-order valence-electron chi connectivity index (χ4n) is 2.70. The van der Waals surface area contributed by atoms with Gasteiger partial charge in [0, 0.05) is 18.2 Å². The first-order valence-corrected chi connectivity index (χ1v) is 8.79. The van der Waals surface area contributed by atoms with Crippen LogP contribution in [-0.2, 0) is 10.0 Å². The molecule has 124 valence electrons. The first-order chi connectivity index (χ1) is 10.4. The highest BCUT2D eigenvalue weighted by Crippen LogP contribution is 2.32. The van der Waals surface area contributed by atoms with Crippen molar-refractivity contribution < 1.29 is 22.3 Å². The molecule has 5 nitrogen and oxygen atoms in total. The van der Waals surface area contributed by atoms with Crippen LogP contribution in [0.25, 0.3) is 0 Å². The summed E-state index contributed by atoms with van der Waals surface area (Å²) in [6, 6.07) is 2.03. The molecule has 1 N–H and O–H groups in total. The van der Waals surface area contributed by atoms with Gasteiger partial charge in [-0.2, -0.15) is 0 Å². The molecular formula is C15H22FNO4S. The van der Waals surface area contributed by atoms with Crippen molar-refractivity contribution in [3.63, 3.8) is 0 Å². The lowest BCUT2D eigenvalue weighted by atomic mass is 9.88. The number of sulfonamides is 1. The highest BCUT2D eigenvalue weighted by atomic mass is 32.2. The minimum atomic E-state index is -3.93. The van der Waals surface area contributed by atoms with Gasteiger partial charge in [-0.15, -0.1) is 0 Å². The van der Waals surface area contributed by atoms with Crippen LogP contribution in [0.4, 0.5) is 4.39 Å². The summed E-state index contributed by atoms with van der Waals surface area (Å²) < 4.78 is 51.6. The molecule has 0 bridgehead atoms. The summed E-state index contributed by atoms with van der Waals surface area (Å²) in [5.74, 6) is 0.0971. The van der Waals surface area contributed by atoms with Crippen LogP contribution in [0.5, 0.6) is 11.5 Å². The number of halogens is 1. The lowest BCUT2D eigenvalue weighted by molar-refractivity contribution is 0.331. The smallest absolute Gasteiger partial charge is 0.243 e. The molecule has 1 saturated carbocycles. The van der Waals surface area contributed by atoms with Crippen LogP contribution >= 0.6 is 0 Å². The van der Waals surface area contributed by atoms with Gasteiger partial charge in [-0.25, -0.2) is 17.5 Å². The second-order valence-corrected chi connectivity index (χ2v) is 7.40. The molecular weight excluding hydrogens is 309 g/mol. The fraction of sp³-hybridized carbons (Fsp3) is 0.600. The molecule has 0 heterocycles. The molecule has 22 heavy (non-hydrogen) atoms. The standard InChI is InChI=1S/C15H22FNO4S/c1-10-4-6-11(7-5-10)17-22(18,19)15-9-14(21-3)13(20-2)8-12(15)16/h8-11,17H,4-7H2,1-3H3. The van der Waals surface area contributed by atoms with E-state index >= 15 is 0 Å². The Morgan fingerprint density at radius 2 is 1.64 bits per heavy atom. The monoisotopic (exact) mass is 331 g/mol. The largest absolute Gasteiger partial charge is 0.493 e. The Bertz CT molecular complexity index is 625. The normalized spacial score (nSPS) is 22.4. The van der Waals surface area contributed by atoms with Crippen LogP contribution in [0.15, 0.2) is 17.0 Å². The van der Waals surface area contributed by atoms with Gasteiger partial charge < -0.3 is 9.47 Å². The lowest BCUT2D eigenvalue weighted by Gasteiger charge is -2.26. The third-order valence-electron chi connectivity index (χ3n) is 4.07. The minimum absolute atomic E-state index is 0.145. The molecule has 0 spiro atoms. The summed E-state index contributed by atoms with van der Waals surface area (Å²) in [4.78, 5) is -0.413. The van der Waals surface area contributed by atoms with Gasteiger partial charge in [-0.1, -0.05) is 6.92 Å². The van der Waals surface area contributed by atoms with Crippen LogP contribution in [0.2, 0.25) is 0 Å². The predicted octanol–water partition coefficient (Wildman–Crippen LogP) is 2.70. The Hall–Kier alpha value is -1.34. The van der Waals surface area contributed by atoms with Crippen molar-refractivity contribution in [3.8, 4) is 11.5 Å². The Morgan fingerprint density at radius 3 is 2.18 bits per heavy atom. The van der Waals surface area contributed by atoms with Gasteiger partial charge in [0.15, 0.2) is 11.5 Å². The number of hydrogen-bond donors (Lipinski definition) is 1. The van der Waals surface area contributed by atoms with Crippen molar-refractivity contribution in [1.29, 1.82) is 0 Å². The zero-order chi connectivity index (χ0) is 16.3. The SMILES string of the molecule is COc1cc(F)c(S(=O)(=O)NC2CCC(C)CC2)cc1OC. The number of benzene rings is 1. The van der Waals surface area contributed by atoms with E-state index in [0.717, 1.165) is 37.8 Å². The highest BCUT2D eigenvalue weighted by molar-refractivity contribution is 7.89. The summed E-state index contributed by atoms with van der Waals surface area (Å²) in [5, 5.41) is 0. The molecule has 2 rings (SSSR count). The second-order valence-electron chi connectivity index (χ2n) is 5.72. The van der Waals surface area contributed by atoms with E-state index in [4.69, 9.17) is 9.47 Å². The van der Waals surface area contributed by atoms with Gasteiger partial charge in [0.25, 0.3) is 0 Å². The van der Waals surface area contributed by atoms with Crippen molar-refractivity contribution in [2.24, 2.45) is 5.92 Å². The zero-order valence-corrected chi connectivity index (χ0v) is 13.9. The van der Waals surface area contributed by atoms with Crippen LogP contribution in [0, 0.1) is 11.7 Å². The van der Waals surface area contributed by atoms with Crippen molar-refractivity contribution >= 4 is 10.0 Å². The second kappa shape index (κ2) is 6.83. The average molecular weight is 331 g/mol. The number of nitrogens with one attached hydrogen (secondary N) is 1. The van der Waals surface area contributed by atoms with Crippen molar-refractivity contribution in [2.75, 3.05) is 14.2 Å². The van der Waals surface area contributed by atoms with E-state index in [2.05, 4.69) is 11.6 Å². The molecule has 0 radical (unpaired) electrons. The van der Waals surface area contributed by atoms with E-state index < -0.39 is 20.7 Å². The number of ether oxygens (including phenoxy) is 2. The average Bonchev–Trinajstić information content (AvgIpc) is 2.48. The van der Waals surface area contributed by atoms with Crippen molar-refractivity contribution in [3.05, 3.63) is 17.9 Å². The predicted molar refractivity (Wildman–Crippen MR) is 81.2 cm³/mol. The zero-order valence-electron chi connectivity index (χ0n) is 13.1. The molecule has 1 aliphatic rings. The Kier molecular flexibility index (Phi) is 5.28. The van der Waals surface area contributed by atoms with Crippen LogP contribution < -0.4 is 14.2 Å². The molecule has 0 saturated heterocycles. The van der Waals surface area contributed by atoms with Gasteiger partial charge in [-0.05, 0) is 31.6 Å². The van der Waals surface area contributed by atoms with E-state index in [9.17, 15) is 12.8 Å². The molecule has 7 heteroatoms. The maximum atomic E-state index is 14.1. The molecule has 1 fully saturated rings. The van der Waals surface area contributed by atoms with Gasteiger partial charge >= 0.3 is 0 Å². The minimum Gasteiger partial charge on any atom is -0.493 e. The molecule has 1 aliphatic carbocycles. The fourth-order valence-corrected chi connectivity index (χ4v) is 4.08. The number of hydrogen-bond acceptors (Lipinski definition) is 4. The third kappa shape index (κ3) is 3.70. The van der Waals surface area contributed by atoms with E-state index in [-0.39, 0.29) is 17.5 Å².